The fourth-order valence-corrected chi connectivity index (χ4v) is 1.14. The highest BCUT2D eigenvalue weighted by molar-refractivity contribution is 5.37. The number of rotatable bonds is 4. The zero-order valence-corrected chi connectivity index (χ0v) is 9.14. The summed E-state index contributed by atoms with van der Waals surface area (Å²) in [6.07, 6.45) is 3.05. The lowest BCUT2D eigenvalue weighted by Crippen LogP contribution is -2.33. The predicted molar refractivity (Wildman–Crippen MR) is 56.5 cm³/mol. The van der Waals surface area contributed by atoms with Crippen molar-refractivity contribution in [1.82, 2.24) is 9.97 Å². The van der Waals surface area contributed by atoms with Gasteiger partial charge in [-0.15, -0.1) is 0 Å². The van der Waals surface area contributed by atoms with Crippen molar-refractivity contribution in [3.05, 3.63) is 18.1 Å². The van der Waals surface area contributed by atoms with Crippen LogP contribution in [0.15, 0.2) is 12.4 Å². The molecule has 0 aromatic carbocycles. The van der Waals surface area contributed by atoms with Gasteiger partial charge >= 0.3 is 0 Å². The molecule has 0 bridgehead atoms. The minimum Gasteiger partial charge on any atom is -0.383 e. The number of aromatic nitrogens is 2. The van der Waals surface area contributed by atoms with E-state index >= 15 is 0 Å². The topological polar surface area (TPSA) is 62.0 Å². The molecule has 0 spiro atoms. The Morgan fingerprint density at radius 3 is 2.73 bits per heavy atom. The van der Waals surface area contributed by atoms with E-state index in [4.69, 9.17) is 10.00 Å². The molecule has 5 nitrogen and oxygen atoms in total. The first-order chi connectivity index (χ1) is 7.19. The van der Waals surface area contributed by atoms with Crippen molar-refractivity contribution >= 4 is 5.82 Å². The van der Waals surface area contributed by atoms with Crippen LogP contribution < -0.4 is 4.90 Å². The van der Waals surface area contributed by atoms with Gasteiger partial charge in [-0.1, -0.05) is 0 Å². The van der Waals surface area contributed by atoms with Crippen molar-refractivity contribution in [2.45, 2.75) is 13.0 Å². The third-order valence-corrected chi connectivity index (χ3v) is 2.18. The molecule has 0 aliphatic carbocycles. The van der Waals surface area contributed by atoms with Gasteiger partial charge in [0.25, 0.3) is 0 Å². The van der Waals surface area contributed by atoms with Gasteiger partial charge in [0.05, 0.1) is 25.0 Å². The molecule has 5 heteroatoms. The SMILES string of the molecule is COCC(C)N(C)c1cnc(C#N)cn1. The summed E-state index contributed by atoms with van der Waals surface area (Å²) < 4.78 is 5.05. The van der Waals surface area contributed by atoms with Gasteiger partial charge in [0.1, 0.15) is 11.9 Å². The van der Waals surface area contributed by atoms with Gasteiger partial charge in [-0.3, -0.25) is 0 Å². The Labute approximate surface area is 89.3 Å². The molecule has 1 rings (SSSR count). The monoisotopic (exact) mass is 206 g/mol. The van der Waals surface area contributed by atoms with Crippen molar-refractivity contribution in [2.24, 2.45) is 0 Å². The number of methoxy groups -OCH3 is 1. The van der Waals surface area contributed by atoms with Gasteiger partial charge < -0.3 is 9.64 Å². The average Bonchev–Trinajstić information content (AvgIpc) is 2.28. The number of nitriles is 1. The summed E-state index contributed by atoms with van der Waals surface area (Å²) in [5, 5.41) is 8.57. The molecule has 0 saturated carbocycles. The van der Waals surface area contributed by atoms with Crippen molar-refractivity contribution in [3.63, 3.8) is 0 Å². The van der Waals surface area contributed by atoms with Crippen molar-refractivity contribution in [1.29, 1.82) is 5.26 Å². The van der Waals surface area contributed by atoms with E-state index in [-0.39, 0.29) is 6.04 Å². The molecule has 1 aromatic heterocycles. The molecule has 0 aliphatic heterocycles. The Morgan fingerprint density at radius 1 is 1.53 bits per heavy atom. The van der Waals surface area contributed by atoms with Gasteiger partial charge in [-0.05, 0) is 6.92 Å². The number of nitrogens with zero attached hydrogens (tertiary/aromatic N) is 4. The van der Waals surface area contributed by atoms with Gasteiger partial charge in [-0.2, -0.15) is 5.26 Å². The van der Waals surface area contributed by atoms with Crippen molar-refractivity contribution < 1.29 is 4.74 Å². The van der Waals surface area contributed by atoms with E-state index in [0.717, 1.165) is 5.82 Å². The van der Waals surface area contributed by atoms with E-state index in [2.05, 4.69) is 9.97 Å². The molecule has 0 saturated heterocycles. The van der Waals surface area contributed by atoms with Crippen LogP contribution in [0.1, 0.15) is 12.6 Å². The molecule has 80 valence electrons. The smallest absolute Gasteiger partial charge is 0.158 e. The lowest BCUT2D eigenvalue weighted by Gasteiger charge is -2.24. The van der Waals surface area contributed by atoms with Crippen LogP contribution in [-0.2, 0) is 4.74 Å². The van der Waals surface area contributed by atoms with E-state index in [1.807, 2.05) is 24.9 Å². The highest BCUT2D eigenvalue weighted by Crippen LogP contribution is 2.10. The number of ether oxygens (including phenoxy) is 1. The minimum atomic E-state index is 0.220. The van der Waals surface area contributed by atoms with Gasteiger partial charge in [0, 0.05) is 14.2 Å². The van der Waals surface area contributed by atoms with E-state index in [9.17, 15) is 0 Å². The first-order valence-electron chi connectivity index (χ1n) is 4.63. The number of anilines is 1. The summed E-state index contributed by atoms with van der Waals surface area (Å²) >= 11 is 0. The normalized spacial score (nSPS) is 11.9. The van der Waals surface area contributed by atoms with Crippen LogP contribution in [0.3, 0.4) is 0 Å². The summed E-state index contributed by atoms with van der Waals surface area (Å²) in [7, 11) is 3.58. The van der Waals surface area contributed by atoms with Crippen LogP contribution in [0, 0.1) is 11.3 Å². The Bertz CT molecular complexity index is 343. The maximum absolute atomic E-state index is 8.57. The summed E-state index contributed by atoms with van der Waals surface area (Å²) in [6.45, 7) is 2.65. The van der Waals surface area contributed by atoms with Gasteiger partial charge in [-0.25, -0.2) is 9.97 Å². The van der Waals surface area contributed by atoms with Gasteiger partial charge in [0.15, 0.2) is 5.69 Å². The molecule has 1 atom stereocenters. The van der Waals surface area contributed by atoms with Gasteiger partial charge in [0.2, 0.25) is 0 Å². The van der Waals surface area contributed by atoms with E-state index in [0.29, 0.717) is 12.3 Å². The highest BCUT2D eigenvalue weighted by Gasteiger charge is 2.10. The quantitative estimate of drug-likeness (QED) is 0.729. The van der Waals surface area contributed by atoms with Crippen LogP contribution in [0.25, 0.3) is 0 Å². The molecule has 1 unspecified atom stereocenters. The number of hydrogen-bond acceptors (Lipinski definition) is 5. The molecule has 1 aromatic rings. The van der Waals surface area contributed by atoms with Crippen molar-refractivity contribution in [2.75, 3.05) is 25.7 Å². The summed E-state index contributed by atoms with van der Waals surface area (Å²) in [5.74, 6) is 0.735. The Hall–Kier alpha value is -1.67. The second-order valence-corrected chi connectivity index (χ2v) is 3.29. The summed E-state index contributed by atoms with van der Waals surface area (Å²) in [5.41, 5.74) is 0.326. The minimum absolute atomic E-state index is 0.220. The molecule has 15 heavy (non-hydrogen) atoms. The molecule has 0 fully saturated rings. The van der Waals surface area contributed by atoms with Crippen LogP contribution >= 0.6 is 0 Å². The Morgan fingerprint density at radius 2 is 2.27 bits per heavy atom. The van der Waals surface area contributed by atoms with Crippen LogP contribution in [0.2, 0.25) is 0 Å². The van der Waals surface area contributed by atoms with Crippen LogP contribution in [-0.4, -0.2) is 36.8 Å². The molecule has 0 N–H and O–H groups in total. The molecule has 0 radical (unpaired) electrons. The molecule has 0 amide bonds. The highest BCUT2D eigenvalue weighted by atomic mass is 16.5. The Kier molecular flexibility index (Phi) is 4.01. The lowest BCUT2D eigenvalue weighted by atomic mass is 10.3. The molecule has 1 heterocycles. The standard InChI is InChI=1S/C10H14N4O/c1-8(7-15-3)14(2)10-6-12-9(4-11)5-13-10/h5-6,8H,7H2,1-3H3. The average molecular weight is 206 g/mol. The van der Waals surface area contributed by atoms with Crippen LogP contribution in [0.4, 0.5) is 5.82 Å². The summed E-state index contributed by atoms with van der Waals surface area (Å²) in [4.78, 5) is 10.0. The summed E-state index contributed by atoms with van der Waals surface area (Å²) in [6, 6.07) is 2.15. The van der Waals surface area contributed by atoms with Crippen LogP contribution in [0.5, 0.6) is 0 Å². The second-order valence-electron chi connectivity index (χ2n) is 3.29. The third kappa shape index (κ3) is 2.89. The number of hydrogen-bond donors (Lipinski definition) is 0. The van der Waals surface area contributed by atoms with E-state index < -0.39 is 0 Å². The second kappa shape index (κ2) is 5.27. The first kappa shape index (κ1) is 11.4. The molecular weight excluding hydrogens is 192 g/mol. The molecule has 0 aliphatic rings. The fourth-order valence-electron chi connectivity index (χ4n) is 1.14. The zero-order chi connectivity index (χ0) is 11.3. The first-order valence-corrected chi connectivity index (χ1v) is 4.63. The maximum atomic E-state index is 8.57. The van der Waals surface area contributed by atoms with E-state index in [1.54, 1.807) is 13.3 Å². The molecular formula is C10H14N4O. The Balaban J connectivity index is 2.74. The largest absolute Gasteiger partial charge is 0.383 e. The fraction of sp³-hybridized carbons (Fsp3) is 0.500. The third-order valence-electron chi connectivity index (χ3n) is 2.18. The maximum Gasteiger partial charge on any atom is 0.158 e. The number of likely N-dealkylation sites (N-methyl/N-ethyl adjacent to an activating group) is 1. The lowest BCUT2D eigenvalue weighted by molar-refractivity contribution is 0.183. The predicted octanol–water partition coefficient (Wildman–Crippen LogP) is 0.819. The van der Waals surface area contributed by atoms with E-state index in [1.165, 1.54) is 6.20 Å². The zero-order valence-electron chi connectivity index (χ0n) is 9.14. The van der Waals surface area contributed by atoms with Crippen molar-refractivity contribution in [3.8, 4) is 6.07 Å².